The Kier molecular flexibility index (Phi) is 4.74. The Morgan fingerprint density at radius 3 is 2.07 bits per heavy atom. The second-order valence-electron chi connectivity index (χ2n) is 4.28. The predicted molar refractivity (Wildman–Crippen MR) is 55.5 cm³/mol. The maximum absolute atomic E-state index is 11.7. The smallest absolute Gasteiger partial charge is 0.407 e. The van der Waals surface area contributed by atoms with E-state index in [1.54, 1.807) is 13.8 Å². The molecule has 2 N–H and O–H groups in total. The summed E-state index contributed by atoms with van der Waals surface area (Å²) in [7, 11) is 1.20. The van der Waals surface area contributed by atoms with Crippen LogP contribution in [0.3, 0.4) is 0 Å². The van der Waals surface area contributed by atoms with Gasteiger partial charge in [-0.1, -0.05) is 13.8 Å². The summed E-state index contributed by atoms with van der Waals surface area (Å²) < 4.78 is 4.39. The van der Waals surface area contributed by atoms with Crippen LogP contribution >= 0.6 is 0 Å². The topological polar surface area (TPSA) is 75.6 Å². The van der Waals surface area contributed by atoms with Crippen LogP contribution in [0, 0.1) is 5.92 Å². The Morgan fingerprint density at radius 2 is 1.80 bits per heavy atom. The number of hydrogen-bond acceptors (Lipinski definition) is 4. The van der Waals surface area contributed by atoms with Crippen LogP contribution in [0.2, 0.25) is 0 Å². The average molecular weight is 217 g/mol. The molecule has 0 bridgehead atoms. The van der Waals surface area contributed by atoms with Crippen LogP contribution in [0.15, 0.2) is 0 Å². The van der Waals surface area contributed by atoms with Crippen LogP contribution in [0.25, 0.3) is 0 Å². The third-order valence-corrected chi connectivity index (χ3v) is 2.01. The molecule has 1 atom stereocenters. The number of ketones is 1. The van der Waals surface area contributed by atoms with E-state index in [0.717, 1.165) is 0 Å². The second-order valence-corrected chi connectivity index (χ2v) is 4.28. The molecule has 0 aromatic carbocycles. The Balaban J connectivity index is 4.75. The molecule has 0 aliphatic carbocycles. The van der Waals surface area contributed by atoms with E-state index in [1.165, 1.54) is 21.0 Å². The van der Waals surface area contributed by atoms with Gasteiger partial charge < -0.3 is 15.2 Å². The van der Waals surface area contributed by atoms with Crippen molar-refractivity contribution < 1.29 is 19.4 Å². The number of methoxy groups -OCH3 is 1. The van der Waals surface area contributed by atoms with Gasteiger partial charge in [0.15, 0.2) is 5.78 Å². The van der Waals surface area contributed by atoms with Crippen LogP contribution in [0.5, 0.6) is 0 Å². The van der Waals surface area contributed by atoms with E-state index >= 15 is 0 Å². The SMILES string of the molecule is COC(=O)NC(C(=O)C(C)C)C(C)(C)O. The molecule has 0 radical (unpaired) electrons. The van der Waals surface area contributed by atoms with Gasteiger partial charge in [-0.15, -0.1) is 0 Å². The monoisotopic (exact) mass is 217 g/mol. The highest BCUT2D eigenvalue weighted by Gasteiger charge is 2.35. The van der Waals surface area contributed by atoms with Gasteiger partial charge in [0.2, 0.25) is 0 Å². The number of rotatable bonds is 4. The minimum Gasteiger partial charge on any atom is -0.453 e. The number of ether oxygens (including phenoxy) is 1. The molecule has 0 aliphatic rings. The molecular weight excluding hydrogens is 198 g/mol. The second kappa shape index (κ2) is 5.11. The van der Waals surface area contributed by atoms with Crippen molar-refractivity contribution in [2.24, 2.45) is 5.92 Å². The van der Waals surface area contributed by atoms with Gasteiger partial charge in [-0.3, -0.25) is 4.79 Å². The summed E-state index contributed by atoms with van der Waals surface area (Å²) in [5, 5.41) is 12.1. The van der Waals surface area contributed by atoms with Gasteiger partial charge in [-0.05, 0) is 13.8 Å². The van der Waals surface area contributed by atoms with Crippen molar-refractivity contribution in [2.75, 3.05) is 7.11 Å². The largest absolute Gasteiger partial charge is 0.453 e. The number of amides is 1. The molecule has 1 amide bonds. The summed E-state index contributed by atoms with van der Waals surface area (Å²) in [6, 6.07) is -0.954. The zero-order valence-corrected chi connectivity index (χ0v) is 9.83. The lowest BCUT2D eigenvalue weighted by Crippen LogP contribution is -2.55. The Labute approximate surface area is 89.8 Å². The van der Waals surface area contributed by atoms with E-state index in [1.807, 2.05) is 0 Å². The molecule has 0 aliphatic heterocycles. The molecule has 88 valence electrons. The molecule has 0 heterocycles. The van der Waals surface area contributed by atoms with Crippen molar-refractivity contribution in [1.29, 1.82) is 0 Å². The minimum atomic E-state index is -1.31. The van der Waals surface area contributed by atoms with Gasteiger partial charge in [0.25, 0.3) is 0 Å². The lowest BCUT2D eigenvalue weighted by Gasteiger charge is -2.29. The summed E-state index contributed by atoms with van der Waals surface area (Å²) in [5.41, 5.74) is -1.31. The lowest BCUT2D eigenvalue weighted by atomic mass is 9.90. The van der Waals surface area contributed by atoms with E-state index in [2.05, 4.69) is 10.1 Å². The number of nitrogens with one attached hydrogen (secondary N) is 1. The first-order chi connectivity index (χ1) is 6.70. The maximum atomic E-state index is 11.7. The highest BCUT2D eigenvalue weighted by Crippen LogP contribution is 2.13. The number of hydrogen-bond donors (Lipinski definition) is 2. The highest BCUT2D eigenvalue weighted by molar-refractivity contribution is 5.89. The number of aliphatic hydroxyl groups is 1. The fourth-order valence-electron chi connectivity index (χ4n) is 1.11. The van der Waals surface area contributed by atoms with E-state index in [-0.39, 0.29) is 11.7 Å². The van der Waals surface area contributed by atoms with Gasteiger partial charge >= 0.3 is 6.09 Å². The highest BCUT2D eigenvalue weighted by atomic mass is 16.5. The Morgan fingerprint density at radius 1 is 1.33 bits per heavy atom. The van der Waals surface area contributed by atoms with Crippen molar-refractivity contribution >= 4 is 11.9 Å². The molecule has 5 heteroatoms. The number of alkyl carbamates (subject to hydrolysis) is 1. The van der Waals surface area contributed by atoms with E-state index in [0.29, 0.717) is 0 Å². The van der Waals surface area contributed by atoms with Crippen molar-refractivity contribution in [3.8, 4) is 0 Å². The standard InChI is InChI=1S/C10H19NO4/c1-6(2)7(12)8(10(3,4)14)11-9(13)15-5/h6,8,14H,1-5H3,(H,11,13). The van der Waals surface area contributed by atoms with Gasteiger partial charge in [0, 0.05) is 5.92 Å². The summed E-state index contributed by atoms with van der Waals surface area (Å²) in [6.45, 7) is 6.35. The first-order valence-corrected chi connectivity index (χ1v) is 4.80. The zero-order valence-electron chi connectivity index (χ0n) is 9.83. The quantitative estimate of drug-likeness (QED) is 0.727. The van der Waals surface area contributed by atoms with Crippen LogP contribution in [-0.4, -0.2) is 35.7 Å². The maximum Gasteiger partial charge on any atom is 0.407 e. The minimum absolute atomic E-state index is 0.229. The van der Waals surface area contributed by atoms with E-state index in [4.69, 9.17) is 0 Å². The molecule has 0 aromatic heterocycles. The normalized spacial score (nSPS) is 13.5. The number of carbonyl (C=O) groups is 2. The Bertz CT molecular complexity index is 242. The molecule has 15 heavy (non-hydrogen) atoms. The first kappa shape index (κ1) is 13.9. The van der Waals surface area contributed by atoms with Gasteiger partial charge in [0.1, 0.15) is 6.04 Å². The Hall–Kier alpha value is -1.10. The summed E-state index contributed by atoms with van der Waals surface area (Å²) in [5.74, 6) is -0.494. The molecule has 0 spiro atoms. The molecule has 0 saturated heterocycles. The van der Waals surface area contributed by atoms with Crippen molar-refractivity contribution in [2.45, 2.75) is 39.3 Å². The third-order valence-electron chi connectivity index (χ3n) is 2.01. The summed E-state index contributed by atoms with van der Waals surface area (Å²) in [6.07, 6.45) is -0.726. The van der Waals surface area contributed by atoms with Crippen LogP contribution in [0.4, 0.5) is 4.79 Å². The average Bonchev–Trinajstić information content (AvgIpc) is 2.10. The fourth-order valence-corrected chi connectivity index (χ4v) is 1.11. The summed E-state index contributed by atoms with van der Waals surface area (Å²) in [4.78, 5) is 22.7. The van der Waals surface area contributed by atoms with Gasteiger partial charge in [0.05, 0.1) is 12.7 Å². The van der Waals surface area contributed by atoms with E-state index in [9.17, 15) is 14.7 Å². The zero-order chi connectivity index (χ0) is 12.2. The molecule has 5 nitrogen and oxygen atoms in total. The molecular formula is C10H19NO4. The van der Waals surface area contributed by atoms with Crippen LogP contribution in [-0.2, 0) is 9.53 Å². The lowest BCUT2D eigenvalue weighted by molar-refractivity contribution is -0.129. The third kappa shape index (κ3) is 4.29. The molecule has 1 unspecified atom stereocenters. The van der Waals surface area contributed by atoms with E-state index < -0.39 is 17.7 Å². The molecule has 0 aromatic rings. The van der Waals surface area contributed by atoms with Crippen molar-refractivity contribution in [1.82, 2.24) is 5.32 Å². The first-order valence-electron chi connectivity index (χ1n) is 4.80. The van der Waals surface area contributed by atoms with Crippen LogP contribution in [0.1, 0.15) is 27.7 Å². The van der Waals surface area contributed by atoms with Gasteiger partial charge in [-0.25, -0.2) is 4.79 Å². The molecule has 0 saturated carbocycles. The summed E-state index contributed by atoms with van der Waals surface area (Å²) >= 11 is 0. The fraction of sp³-hybridized carbons (Fsp3) is 0.800. The van der Waals surface area contributed by atoms with Crippen molar-refractivity contribution in [3.05, 3.63) is 0 Å². The number of carbonyl (C=O) groups excluding carboxylic acids is 2. The van der Waals surface area contributed by atoms with Gasteiger partial charge in [-0.2, -0.15) is 0 Å². The predicted octanol–water partition coefficient (Wildman–Crippen LogP) is 0.707. The molecule has 0 fully saturated rings. The number of Topliss-reactive ketones (excluding diaryl/α,β-unsaturated/α-hetero) is 1. The molecule has 0 rings (SSSR count). The van der Waals surface area contributed by atoms with Crippen molar-refractivity contribution in [3.63, 3.8) is 0 Å². The van der Waals surface area contributed by atoms with Crippen LogP contribution < -0.4 is 5.32 Å².